The van der Waals surface area contributed by atoms with Crippen LogP contribution in [0, 0.1) is 0 Å². The molecule has 0 amide bonds. The summed E-state index contributed by atoms with van der Waals surface area (Å²) in [4.78, 5) is 35.4. The van der Waals surface area contributed by atoms with Gasteiger partial charge in [-0.2, -0.15) is 0 Å². The van der Waals surface area contributed by atoms with Crippen LogP contribution >= 0.6 is 7.82 Å². The summed E-state index contributed by atoms with van der Waals surface area (Å²) in [5.41, 5.74) is 0. The smallest absolute Gasteiger partial charge is 0.462 e. The molecule has 0 radical (unpaired) electrons. The zero-order valence-corrected chi connectivity index (χ0v) is 38.5. The van der Waals surface area contributed by atoms with E-state index in [1.165, 1.54) is 0 Å². The van der Waals surface area contributed by atoms with Gasteiger partial charge in [-0.1, -0.05) is 143 Å². The van der Waals surface area contributed by atoms with E-state index in [4.69, 9.17) is 18.5 Å². The normalized spacial score (nSPS) is 15.5. The Morgan fingerprint density at radius 2 is 1.17 bits per heavy atom. The number of carbonyl (C=O) groups excluding carboxylic acids is 2. The van der Waals surface area contributed by atoms with Gasteiger partial charge < -0.3 is 29.1 Å². The first-order valence-electron chi connectivity index (χ1n) is 22.2. The van der Waals surface area contributed by atoms with Crippen LogP contribution in [0.3, 0.4) is 0 Å². The number of phosphoric acid groups is 1. The Kier molecular flexibility index (Phi) is 36.7. The van der Waals surface area contributed by atoms with Crippen molar-refractivity contribution >= 4 is 19.8 Å². The highest BCUT2D eigenvalue weighted by molar-refractivity contribution is 7.47. The number of likely N-dealkylation sites (N-methyl/N-ethyl adjacent to an activating group) is 1. The second kappa shape index (κ2) is 38.7. The van der Waals surface area contributed by atoms with E-state index in [1.807, 2.05) is 51.5 Å². The molecule has 12 heteroatoms. The first kappa shape index (κ1) is 56.9. The van der Waals surface area contributed by atoms with Gasteiger partial charge in [-0.05, 0) is 70.6 Å². The molecule has 0 aliphatic carbocycles. The number of carbonyl (C=O) groups is 2. The lowest BCUT2D eigenvalue weighted by Crippen LogP contribution is -2.37. The van der Waals surface area contributed by atoms with Crippen molar-refractivity contribution in [2.45, 2.75) is 148 Å². The number of ether oxygens (including phenoxy) is 2. The fourth-order valence-electron chi connectivity index (χ4n) is 5.28. The van der Waals surface area contributed by atoms with Crippen LogP contribution in [-0.4, -0.2) is 97.3 Å². The Morgan fingerprint density at radius 1 is 0.617 bits per heavy atom. The van der Waals surface area contributed by atoms with Gasteiger partial charge in [-0.3, -0.25) is 18.6 Å². The molecule has 0 rings (SSSR count). The van der Waals surface area contributed by atoms with E-state index in [9.17, 15) is 29.3 Å². The summed E-state index contributed by atoms with van der Waals surface area (Å²) in [6.45, 7) is 3.88. The summed E-state index contributed by atoms with van der Waals surface area (Å²) in [5, 5.41) is 20.2. The number of rotatable bonds is 38. The molecular weight excluding hydrogens is 781 g/mol. The predicted octanol–water partition coefficient (Wildman–Crippen LogP) is 10.5. The fourth-order valence-corrected chi connectivity index (χ4v) is 6.02. The van der Waals surface area contributed by atoms with Crippen molar-refractivity contribution in [3.05, 3.63) is 97.2 Å². The number of hydrogen-bond donors (Lipinski definition) is 3. The lowest BCUT2D eigenvalue weighted by Gasteiger charge is -2.24. The number of hydrogen-bond acceptors (Lipinski definition) is 9. The van der Waals surface area contributed by atoms with Crippen LogP contribution in [-0.2, 0) is 32.7 Å². The molecule has 0 bridgehead atoms. The Hall–Kier alpha value is -3.15. The van der Waals surface area contributed by atoms with Gasteiger partial charge in [-0.15, -0.1) is 0 Å². The largest absolute Gasteiger partial charge is 0.472 e. The number of phosphoric ester groups is 1. The van der Waals surface area contributed by atoms with E-state index in [-0.39, 0.29) is 26.1 Å². The summed E-state index contributed by atoms with van der Waals surface area (Å²) in [6.07, 6.45) is 43.8. The van der Waals surface area contributed by atoms with Crippen molar-refractivity contribution in [3.63, 3.8) is 0 Å². The van der Waals surface area contributed by atoms with E-state index >= 15 is 0 Å². The summed E-state index contributed by atoms with van der Waals surface area (Å²) in [7, 11) is 1.30. The first-order valence-corrected chi connectivity index (χ1v) is 23.7. The highest BCUT2D eigenvalue weighted by Gasteiger charge is 2.27. The van der Waals surface area contributed by atoms with Crippen molar-refractivity contribution in [2.75, 3.05) is 47.5 Å². The minimum atomic E-state index is -4.45. The third-order valence-electron chi connectivity index (χ3n) is 8.81. The molecular formula is C48H81NO10P+. The van der Waals surface area contributed by atoms with Crippen molar-refractivity contribution in [1.29, 1.82) is 0 Å². The quantitative estimate of drug-likeness (QED) is 0.0137. The van der Waals surface area contributed by atoms with Crippen LogP contribution in [0.5, 0.6) is 0 Å². The number of esters is 2. The van der Waals surface area contributed by atoms with E-state index < -0.39 is 44.7 Å². The lowest BCUT2D eigenvalue weighted by molar-refractivity contribution is -0.870. The number of unbranched alkanes of at least 4 members (excludes halogenated alkanes) is 6. The van der Waals surface area contributed by atoms with Crippen LogP contribution in [0.1, 0.15) is 129 Å². The Labute approximate surface area is 363 Å². The van der Waals surface area contributed by atoms with Crippen LogP contribution < -0.4 is 0 Å². The fraction of sp³-hybridized carbons (Fsp3) is 0.625. The third kappa shape index (κ3) is 41.6. The summed E-state index contributed by atoms with van der Waals surface area (Å²) in [5.74, 6) is -1.07. The van der Waals surface area contributed by atoms with Gasteiger partial charge >= 0.3 is 19.8 Å². The number of allylic oxidation sites excluding steroid dienone is 14. The minimum Gasteiger partial charge on any atom is -0.462 e. The molecule has 11 nitrogen and oxygen atoms in total. The summed E-state index contributed by atoms with van der Waals surface area (Å²) in [6, 6.07) is 0. The number of aliphatic hydroxyl groups excluding tert-OH is 2. The van der Waals surface area contributed by atoms with Crippen molar-refractivity contribution in [1.82, 2.24) is 0 Å². The molecule has 342 valence electrons. The predicted molar refractivity (Wildman–Crippen MR) is 245 cm³/mol. The molecule has 0 fully saturated rings. The van der Waals surface area contributed by atoms with E-state index in [0.717, 1.165) is 77.0 Å². The molecule has 0 aromatic rings. The molecule has 0 aliphatic heterocycles. The maximum absolute atomic E-state index is 12.7. The molecule has 0 saturated heterocycles. The maximum Gasteiger partial charge on any atom is 0.472 e. The second-order valence-electron chi connectivity index (χ2n) is 15.7. The minimum absolute atomic E-state index is 0.0193. The standard InChI is InChI=1S/C48H80NO10P/c1-6-8-10-11-12-13-14-15-16-17-18-19-20-21-25-28-32-38-47(52)56-42-46(43-58-60(54,55)57-41-40-49(3,4)5)59-48(53)39-33-37-45(51)36-31-27-24-22-23-26-30-35-44(50)34-29-9-7-2/h8,10,12-13,15-16,18-19,23-24,26-27,30-31,35-36,44-46,50-51H,6-7,9,11,14,17,20-22,25,28-29,32-34,37-43H2,1-5H3/p+1/b10-8-,13-12-,16-15-,19-18-,26-23-,27-24-,35-30+,36-31+/t44-,45-,46-/m1/s1. The molecule has 0 saturated carbocycles. The van der Waals surface area contributed by atoms with Gasteiger partial charge in [0.15, 0.2) is 6.10 Å². The highest BCUT2D eigenvalue weighted by atomic mass is 31.2. The third-order valence-corrected chi connectivity index (χ3v) is 9.79. The van der Waals surface area contributed by atoms with Gasteiger partial charge in [0.2, 0.25) is 0 Å². The van der Waals surface area contributed by atoms with Crippen molar-refractivity contribution in [3.8, 4) is 0 Å². The number of aliphatic hydroxyl groups is 2. The van der Waals surface area contributed by atoms with Crippen molar-refractivity contribution in [2.24, 2.45) is 0 Å². The molecule has 0 aromatic carbocycles. The number of nitrogens with zero attached hydrogens (tertiary/aromatic N) is 1. The van der Waals surface area contributed by atoms with Crippen LogP contribution in [0.15, 0.2) is 97.2 Å². The zero-order chi connectivity index (χ0) is 44.6. The van der Waals surface area contributed by atoms with Gasteiger partial charge in [0, 0.05) is 12.8 Å². The van der Waals surface area contributed by atoms with E-state index in [1.54, 1.807) is 18.2 Å². The average Bonchev–Trinajstić information content (AvgIpc) is 3.19. The summed E-state index contributed by atoms with van der Waals surface area (Å²) < 4.78 is 34.1. The first-order chi connectivity index (χ1) is 28.8. The Bertz CT molecular complexity index is 1380. The van der Waals surface area contributed by atoms with Crippen LogP contribution in [0.25, 0.3) is 0 Å². The maximum atomic E-state index is 12.7. The van der Waals surface area contributed by atoms with Gasteiger partial charge in [0.05, 0.1) is 40.0 Å². The van der Waals surface area contributed by atoms with Crippen LogP contribution in [0.4, 0.5) is 0 Å². The molecule has 0 aromatic heterocycles. The zero-order valence-electron chi connectivity index (χ0n) is 37.6. The van der Waals surface area contributed by atoms with Crippen molar-refractivity contribution < 1.29 is 52.3 Å². The summed E-state index contributed by atoms with van der Waals surface area (Å²) >= 11 is 0. The topological polar surface area (TPSA) is 149 Å². The molecule has 60 heavy (non-hydrogen) atoms. The molecule has 3 N–H and O–H groups in total. The monoisotopic (exact) mass is 863 g/mol. The average molecular weight is 863 g/mol. The lowest BCUT2D eigenvalue weighted by atomic mass is 10.1. The second-order valence-corrected chi connectivity index (χ2v) is 17.2. The molecule has 1 unspecified atom stereocenters. The molecule has 0 spiro atoms. The van der Waals surface area contributed by atoms with E-state index in [0.29, 0.717) is 36.7 Å². The molecule has 0 heterocycles. The Morgan fingerprint density at radius 3 is 1.77 bits per heavy atom. The van der Waals surface area contributed by atoms with E-state index in [2.05, 4.69) is 62.5 Å². The highest BCUT2D eigenvalue weighted by Crippen LogP contribution is 2.43. The van der Waals surface area contributed by atoms with Gasteiger partial charge in [0.25, 0.3) is 0 Å². The SMILES string of the molecule is CC/C=C\C/C=C\C/C=C\C/C=C\CCCCCCC(=O)OC[C@H](COP(=O)(O)OCC[N+](C)(C)C)OC(=O)CCC[C@H](O)/C=C/C=C\C/C=C\C=C\[C@H](O)CCCCC. The number of quaternary nitrogens is 1. The van der Waals surface area contributed by atoms with Gasteiger partial charge in [0.1, 0.15) is 19.8 Å². The molecule has 4 atom stereocenters. The molecule has 0 aliphatic rings. The Balaban J connectivity index is 4.66. The van der Waals surface area contributed by atoms with Gasteiger partial charge in [-0.25, -0.2) is 4.57 Å². The van der Waals surface area contributed by atoms with Crippen LogP contribution in [0.2, 0.25) is 0 Å².